The normalized spacial score (nSPS) is 9.94. The van der Waals surface area contributed by atoms with E-state index in [4.69, 9.17) is 9.84 Å². The number of hydrogen-bond donors (Lipinski definition) is 2. The Labute approximate surface area is 92.3 Å². The highest BCUT2D eigenvalue weighted by Crippen LogP contribution is 2.13. The molecule has 1 rings (SSSR count). The number of nitrogens with zero attached hydrogens (tertiary/aromatic N) is 1. The van der Waals surface area contributed by atoms with E-state index >= 15 is 0 Å². The van der Waals surface area contributed by atoms with Crippen LogP contribution in [0, 0.1) is 0 Å². The van der Waals surface area contributed by atoms with E-state index in [0.717, 1.165) is 6.20 Å². The third-order valence-corrected chi connectivity index (χ3v) is 1.63. The van der Waals surface area contributed by atoms with Crippen molar-refractivity contribution in [1.82, 2.24) is 4.98 Å². The number of amides is 1. The molecule has 6 nitrogen and oxygen atoms in total. The predicted octanol–water partition coefficient (Wildman–Crippen LogP) is 1.74. The molecule has 86 valence electrons. The Morgan fingerprint density at radius 2 is 2.19 bits per heavy atom. The van der Waals surface area contributed by atoms with Gasteiger partial charge in [-0.15, -0.1) is 0 Å². The van der Waals surface area contributed by atoms with Crippen LogP contribution in [0.25, 0.3) is 0 Å². The fourth-order valence-corrected chi connectivity index (χ4v) is 1.03. The molecule has 0 saturated heterocycles. The van der Waals surface area contributed by atoms with Crippen molar-refractivity contribution in [3.8, 4) is 0 Å². The summed E-state index contributed by atoms with van der Waals surface area (Å²) >= 11 is 0. The van der Waals surface area contributed by atoms with Crippen LogP contribution in [-0.4, -0.2) is 28.3 Å². The van der Waals surface area contributed by atoms with Crippen LogP contribution in [0.4, 0.5) is 10.5 Å². The Morgan fingerprint density at radius 1 is 1.50 bits per heavy atom. The van der Waals surface area contributed by atoms with Crippen molar-refractivity contribution in [2.24, 2.45) is 0 Å². The van der Waals surface area contributed by atoms with Gasteiger partial charge in [0.1, 0.15) is 5.56 Å². The molecular weight excluding hydrogens is 212 g/mol. The standard InChI is InChI=1S/C10H12N2O4/c1-6(2)16-10(15)12-8-3-4-11-5-7(8)9(13)14/h3-6H,1-2H3,(H,13,14)(H,11,12,15). The maximum Gasteiger partial charge on any atom is 0.411 e. The van der Waals surface area contributed by atoms with Crippen LogP contribution in [0.3, 0.4) is 0 Å². The van der Waals surface area contributed by atoms with Gasteiger partial charge in [0.2, 0.25) is 0 Å². The SMILES string of the molecule is CC(C)OC(=O)Nc1ccncc1C(=O)O. The largest absolute Gasteiger partial charge is 0.478 e. The average molecular weight is 224 g/mol. The van der Waals surface area contributed by atoms with E-state index in [0.29, 0.717) is 0 Å². The lowest BCUT2D eigenvalue weighted by Crippen LogP contribution is -2.19. The zero-order valence-corrected chi connectivity index (χ0v) is 8.93. The van der Waals surface area contributed by atoms with Crippen LogP contribution in [0.1, 0.15) is 24.2 Å². The molecule has 1 aromatic rings. The highest BCUT2D eigenvalue weighted by Gasteiger charge is 2.13. The molecule has 0 spiro atoms. The number of ether oxygens (including phenoxy) is 1. The molecule has 6 heteroatoms. The van der Waals surface area contributed by atoms with E-state index in [1.165, 1.54) is 12.3 Å². The van der Waals surface area contributed by atoms with E-state index < -0.39 is 12.1 Å². The number of carbonyl (C=O) groups excluding carboxylic acids is 1. The topological polar surface area (TPSA) is 88.5 Å². The van der Waals surface area contributed by atoms with Crippen molar-refractivity contribution < 1.29 is 19.4 Å². The lowest BCUT2D eigenvalue weighted by atomic mass is 10.2. The molecule has 1 heterocycles. The smallest absolute Gasteiger partial charge is 0.411 e. The summed E-state index contributed by atoms with van der Waals surface area (Å²) < 4.78 is 4.83. The van der Waals surface area contributed by atoms with Gasteiger partial charge in [0.15, 0.2) is 0 Å². The number of hydrogen-bond acceptors (Lipinski definition) is 4. The molecule has 0 unspecified atom stereocenters. The fraction of sp³-hybridized carbons (Fsp3) is 0.300. The maximum absolute atomic E-state index is 11.3. The minimum atomic E-state index is -1.16. The molecule has 0 radical (unpaired) electrons. The molecule has 0 bridgehead atoms. The van der Waals surface area contributed by atoms with Gasteiger partial charge in [0.05, 0.1) is 11.8 Å². The third-order valence-electron chi connectivity index (χ3n) is 1.63. The number of carboxylic acid groups (broad SMARTS) is 1. The van der Waals surface area contributed by atoms with Gasteiger partial charge in [0, 0.05) is 12.4 Å². The number of nitrogens with one attached hydrogen (secondary N) is 1. The second kappa shape index (κ2) is 5.11. The number of rotatable bonds is 3. The summed E-state index contributed by atoms with van der Waals surface area (Å²) in [7, 11) is 0. The molecule has 0 aromatic carbocycles. The van der Waals surface area contributed by atoms with Crippen LogP contribution in [0.2, 0.25) is 0 Å². The number of aromatic nitrogens is 1. The Kier molecular flexibility index (Phi) is 3.82. The minimum absolute atomic E-state index is 0.0804. The Hall–Kier alpha value is -2.11. The van der Waals surface area contributed by atoms with Crippen LogP contribution in [0.5, 0.6) is 0 Å². The summed E-state index contributed by atoms with van der Waals surface area (Å²) in [5.41, 5.74) is 0.0800. The van der Waals surface area contributed by atoms with Crippen molar-refractivity contribution in [1.29, 1.82) is 0 Å². The van der Waals surface area contributed by atoms with Gasteiger partial charge < -0.3 is 9.84 Å². The Balaban J connectivity index is 2.81. The van der Waals surface area contributed by atoms with Gasteiger partial charge in [-0.3, -0.25) is 10.3 Å². The zero-order valence-electron chi connectivity index (χ0n) is 8.93. The summed E-state index contributed by atoms with van der Waals surface area (Å²) in [4.78, 5) is 25.7. The van der Waals surface area contributed by atoms with Crippen molar-refractivity contribution in [2.75, 3.05) is 5.32 Å². The number of carboxylic acids is 1. The third kappa shape index (κ3) is 3.23. The fourth-order valence-electron chi connectivity index (χ4n) is 1.03. The van der Waals surface area contributed by atoms with Crippen LogP contribution in [0.15, 0.2) is 18.5 Å². The summed E-state index contributed by atoms with van der Waals surface area (Å²) in [6, 6.07) is 1.39. The van der Waals surface area contributed by atoms with E-state index in [1.807, 2.05) is 0 Å². The molecule has 0 fully saturated rings. The second-order valence-electron chi connectivity index (χ2n) is 3.31. The highest BCUT2D eigenvalue weighted by molar-refractivity contribution is 5.98. The van der Waals surface area contributed by atoms with E-state index in [1.54, 1.807) is 13.8 Å². The van der Waals surface area contributed by atoms with Crippen molar-refractivity contribution in [3.05, 3.63) is 24.0 Å². The first-order valence-corrected chi connectivity index (χ1v) is 4.65. The summed E-state index contributed by atoms with van der Waals surface area (Å²) in [5, 5.41) is 11.2. The first-order valence-electron chi connectivity index (χ1n) is 4.65. The molecule has 0 aliphatic carbocycles. The Bertz CT molecular complexity index is 404. The van der Waals surface area contributed by atoms with Gasteiger partial charge in [-0.1, -0.05) is 0 Å². The minimum Gasteiger partial charge on any atom is -0.478 e. The van der Waals surface area contributed by atoms with E-state index in [9.17, 15) is 9.59 Å². The molecular formula is C10H12N2O4. The Morgan fingerprint density at radius 3 is 2.75 bits per heavy atom. The van der Waals surface area contributed by atoms with Gasteiger partial charge in [-0.2, -0.15) is 0 Å². The lowest BCUT2D eigenvalue weighted by molar-refractivity contribution is 0.0697. The molecule has 16 heavy (non-hydrogen) atoms. The summed E-state index contributed by atoms with van der Waals surface area (Å²) in [6.07, 6.45) is 1.59. The van der Waals surface area contributed by atoms with E-state index in [2.05, 4.69) is 10.3 Å². The monoisotopic (exact) mass is 224 g/mol. The number of pyridine rings is 1. The van der Waals surface area contributed by atoms with Crippen molar-refractivity contribution in [2.45, 2.75) is 20.0 Å². The zero-order chi connectivity index (χ0) is 12.1. The molecule has 1 aromatic heterocycles. The summed E-state index contributed by atoms with van der Waals surface area (Å²) in [6.45, 7) is 3.40. The summed E-state index contributed by atoms with van der Waals surface area (Å²) in [5.74, 6) is -1.16. The molecule has 0 aliphatic heterocycles. The number of carbonyl (C=O) groups is 2. The molecule has 0 saturated carbocycles. The first kappa shape index (κ1) is 12.0. The average Bonchev–Trinajstić information content (AvgIpc) is 2.16. The van der Waals surface area contributed by atoms with Gasteiger partial charge in [-0.25, -0.2) is 9.59 Å². The quantitative estimate of drug-likeness (QED) is 0.816. The van der Waals surface area contributed by atoms with Crippen molar-refractivity contribution in [3.63, 3.8) is 0 Å². The highest BCUT2D eigenvalue weighted by atomic mass is 16.6. The van der Waals surface area contributed by atoms with Crippen molar-refractivity contribution >= 4 is 17.7 Å². The van der Waals surface area contributed by atoms with Gasteiger partial charge >= 0.3 is 12.1 Å². The van der Waals surface area contributed by atoms with Gasteiger partial charge in [-0.05, 0) is 19.9 Å². The number of anilines is 1. The predicted molar refractivity (Wildman–Crippen MR) is 56.4 cm³/mol. The lowest BCUT2D eigenvalue weighted by Gasteiger charge is -2.10. The van der Waals surface area contributed by atoms with Crippen LogP contribution < -0.4 is 5.32 Å². The number of aromatic carboxylic acids is 1. The molecule has 2 N–H and O–H groups in total. The van der Waals surface area contributed by atoms with Gasteiger partial charge in [0.25, 0.3) is 0 Å². The van der Waals surface area contributed by atoms with Crippen LogP contribution in [-0.2, 0) is 4.74 Å². The molecule has 0 atom stereocenters. The molecule has 1 amide bonds. The second-order valence-corrected chi connectivity index (χ2v) is 3.31. The van der Waals surface area contributed by atoms with E-state index in [-0.39, 0.29) is 17.4 Å². The maximum atomic E-state index is 11.3. The first-order chi connectivity index (χ1) is 7.50. The molecule has 0 aliphatic rings. The van der Waals surface area contributed by atoms with Crippen LogP contribution >= 0.6 is 0 Å².